The Labute approximate surface area is 109 Å². The number of sulfonamides is 1. The van der Waals surface area contributed by atoms with Crippen LogP contribution in [0.3, 0.4) is 0 Å². The molecule has 8 heteroatoms. The molecule has 0 bridgehead atoms. The van der Waals surface area contributed by atoms with Crippen molar-refractivity contribution < 1.29 is 26.7 Å². The summed E-state index contributed by atoms with van der Waals surface area (Å²) >= 11 is 0. The highest BCUT2D eigenvalue weighted by Crippen LogP contribution is 2.35. The fraction of sp³-hybridized carbons (Fsp3) is 0.455. The normalized spacial score (nSPS) is 15.3. The van der Waals surface area contributed by atoms with E-state index >= 15 is 0 Å². The molecule has 0 heterocycles. The van der Waals surface area contributed by atoms with Crippen LogP contribution >= 0.6 is 0 Å². The molecule has 4 nitrogen and oxygen atoms in total. The van der Waals surface area contributed by atoms with Gasteiger partial charge in [0.25, 0.3) is 0 Å². The minimum atomic E-state index is -4.60. The number of primary sulfonamides is 1. The summed E-state index contributed by atoms with van der Waals surface area (Å²) in [7, 11) is -4.26. The zero-order valence-corrected chi connectivity index (χ0v) is 11.1. The van der Waals surface area contributed by atoms with Gasteiger partial charge in [0.15, 0.2) is 0 Å². The molecule has 0 radical (unpaired) electrons. The molecule has 1 aromatic rings. The van der Waals surface area contributed by atoms with Crippen LogP contribution in [0, 0.1) is 0 Å². The molecule has 0 aliphatic rings. The van der Waals surface area contributed by atoms with Gasteiger partial charge in [-0.25, -0.2) is 13.6 Å². The predicted molar refractivity (Wildman–Crippen MR) is 63.6 cm³/mol. The zero-order chi connectivity index (χ0) is 15.1. The Hall–Kier alpha value is -1.12. The van der Waals surface area contributed by atoms with E-state index in [1.807, 2.05) is 0 Å². The molecule has 0 saturated carbocycles. The maximum atomic E-state index is 12.6. The van der Waals surface area contributed by atoms with Gasteiger partial charge in [0.2, 0.25) is 10.0 Å². The van der Waals surface area contributed by atoms with Crippen molar-refractivity contribution in [2.75, 3.05) is 0 Å². The van der Waals surface area contributed by atoms with E-state index in [9.17, 15) is 26.7 Å². The third kappa shape index (κ3) is 3.92. The van der Waals surface area contributed by atoms with E-state index in [1.165, 1.54) is 19.9 Å². The average Bonchev–Trinajstić information content (AvgIpc) is 2.11. The van der Waals surface area contributed by atoms with Crippen LogP contribution in [-0.2, 0) is 16.2 Å². The van der Waals surface area contributed by atoms with Crippen molar-refractivity contribution in [2.24, 2.45) is 5.14 Å². The van der Waals surface area contributed by atoms with Crippen LogP contribution < -0.4 is 5.14 Å². The number of nitrogens with two attached hydrogens (primary N) is 1. The highest BCUT2D eigenvalue weighted by atomic mass is 32.2. The summed E-state index contributed by atoms with van der Waals surface area (Å²) in [6.45, 7) is 2.34. The summed E-state index contributed by atoms with van der Waals surface area (Å²) in [6, 6.07) is 3.74. The largest absolute Gasteiger partial charge is 0.416 e. The van der Waals surface area contributed by atoms with Crippen molar-refractivity contribution in [3.8, 4) is 0 Å². The van der Waals surface area contributed by atoms with Crippen LogP contribution in [0.4, 0.5) is 13.2 Å². The lowest BCUT2D eigenvalue weighted by Crippen LogP contribution is -2.38. The number of hydrogen-bond donors (Lipinski definition) is 2. The van der Waals surface area contributed by atoms with Crippen LogP contribution in [0.1, 0.15) is 30.2 Å². The molecule has 1 rings (SSSR count). The van der Waals surface area contributed by atoms with Gasteiger partial charge in [0.1, 0.15) is 5.25 Å². The van der Waals surface area contributed by atoms with Crippen molar-refractivity contribution in [1.29, 1.82) is 0 Å². The Balaban J connectivity index is 3.42. The van der Waals surface area contributed by atoms with E-state index in [1.54, 1.807) is 0 Å². The maximum absolute atomic E-state index is 12.6. The molecule has 0 fully saturated rings. The van der Waals surface area contributed by atoms with Gasteiger partial charge in [-0.05, 0) is 25.5 Å². The monoisotopic (exact) mass is 297 g/mol. The SMILES string of the molecule is CC(C)(O)C(c1cccc(C(F)(F)F)c1)S(N)(=O)=O. The van der Waals surface area contributed by atoms with Crippen molar-refractivity contribution >= 4 is 10.0 Å². The first-order chi connectivity index (χ1) is 8.33. The topological polar surface area (TPSA) is 80.4 Å². The number of aliphatic hydroxyl groups is 1. The number of benzene rings is 1. The highest BCUT2D eigenvalue weighted by Gasteiger charge is 2.39. The average molecular weight is 297 g/mol. The van der Waals surface area contributed by atoms with Crippen molar-refractivity contribution in [2.45, 2.75) is 30.9 Å². The van der Waals surface area contributed by atoms with Crippen LogP contribution in [-0.4, -0.2) is 19.1 Å². The summed E-state index contributed by atoms with van der Waals surface area (Å²) in [5, 5.41) is 13.2. The number of hydrogen-bond acceptors (Lipinski definition) is 3. The predicted octanol–water partition coefficient (Wildman–Crippen LogP) is 1.81. The molecule has 0 aliphatic heterocycles. The summed E-state index contributed by atoms with van der Waals surface area (Å²) in [5.74, 6) is 0. The molecular formula is C11H14F3NO3S. The van der Waals surface area contributed by atoms with E-state index in [4.69, 9.17) is 5.14 Å². The Morgan fingerprint density at radius 2 is 1.79 bits per heavy atom. The van der Waals surface area contributed by atoms with E-state index in [-0.39, 0.29) is 5.56 Å². The first-order valence-corrected chi connectivity index (χ1v) is 6.85. The fourth-order valence-electron chi connectivity index (χ4n) is 1.88. The minimum absolute atomic E-state index is 0.204. The second-order valence-corrected chi connectivity index (χ2v) is 6.40. The van der Waals surface area contributed by atoms with Gasteiger partial charge < -0.3 is 5.11 Å². The van der Waals surface area contributed by atoms with Crippen LogP contribution in [0.25, 0.3) is 0 Å². The quantitative estimate of drug-likeness (QED) is 0.892. The first-order valence-electron chi connectivity index (χ1n) is 5.24. The lowest BCUT2D eigenvalue weighted by molar-refractivity contribution is -0.137. The van der Waals surface area contributed by atoms with Crippen LogP contribution in [0.5, 0.6) is 0 Å². The van der Waals surface area contributed by atoms with Gasteiger partial charge in [-0.2, -0.15) is 13.2 Å². The van der Waals surface area contributed by atoms with E-state index in [2.05, 4.69) is 0 Å². The molecule has 0 amide bonds. The van der Waals surface area contributed by atoms with Gasteiger partial charge >= 0.3 is 6.18 Å². The standard InChI is InChI=1S/C11H14F3NO3S/c1-10(2,16)9(19(15,17)18)7-4-3-5-8(6-7)11(12,13)14/h3-6,9,16H,1-2H3,(H2,15,17,18). The summed E-state index contributed by atoms with van der Waals surface area (Å²) in [4.78, 5) is 0. The molecule has 19 heavy (non-hydrogen) atoms. The molecule has 0 aliphatic carbocycles. The van der Waals surface area contributed by atoms with E-state index in [0.717, 1.165) is 12.1 Å². The molecule has 0 aromatic heterocycles. The third-order valence-electron chi connectivity index (χ3n) is 2.49. The number of halogens is 3. The van der Waals surface area contributed by atoms with Gasteiger partial charge in [0.05, 0.1) is 11.2 Å². The Kier molecular flexibility index (Phi) is 4.00. The Morgan fingerprint density at radius 3 is 2.16 bits per heavy atom. The third-order valence-corrected chi connectivity index (χ3v) is 3.99. The molecular weight excluding hydrogens is 283 g/mol. The fourth-order valence-corrected chi connectivity index (χ4v) is 3.21. The molecule has 0 spiro atoms. The van der Waals surface area contributed by atoms with E-state index in [0.29, 0.717) is 6.07 Å². The smallest absolute Gasteiger partial charge is 0.389 e. The molecule has 1 aromatic carbocycles. The number of rotatable bonds is 3. The maximum Gasteiger partial charge on any atom is 0.416 e. The Morgan fingerprint density at radius 1 is 1.26 bits per heavy atom. The summed E-state index contributed by atoms with van der Waals surface area (Å²) in [6.07, 6.45) is -4.60. The van der Waals surface area contributed by atoms with Gasteiger partial charge in [-0.3, -0.25) is 0 Å². The molecule has 108 valence electrons. The van der Waals surface area contributed by atoms with Gasteiger partial charge in [-0.15, -0.1) is 0 Å². The van der Waals surface area contributed by atoms with Gasteiger partial charge in [0, 0.05) is 0 Å². The van der Waals surface area contributed by atoms with Gasteiger partial charge in [-0.1, -0.05) is 18.2 Å². The molecule has 1 atom stereocenters. The van der Waals surface area contributed by atoms with E-state index < -0.39 is 32.6 Å². The number of alkyl halides is 3. The van der Waals surface area contributed by atoms with Crippen molar-refractivity contribution in [1.82, 2.24) is 0 Å². The minimum Gasteiger partial charge on any atom is -0.389 e. The summed E-state index contributed by atoms with van der Waals surface area (Å²) in [5.41, 5.74) is -3.01. The van der Waals surface area contributed by atoms with Crippen LogP contribution in [0.15, 0.2) is 24.3 Å². The zero-order valence-electron chi connectivity index (χ0n) is 10.3. The van der Waals surface area contributed by atoms with Crippen molar-refractivity contribution in [3.05, 3.63) is 35.4 Å². The highest BCUT2D eigenvalue weighted by molar-refractivity contribution is 7.89. The molecule has 0 saturated heterocycles. The van der Waals surface area contributed by atoms with Crippen LogP contribution in [0.2, 0.25) is 0 Å². The summed E-state index contributed by atoms with van der Waals surface area (Å²) < 4.78 is 60.7. The molecule has 1 unspecified atom stereocenters. The van der Waals surface area contributed by atoms with Crippen molar-refractivity contribution in [3.63, 3.8) is 0 Å². The molecule has 3 N–H and O–H groups in total. The lowest BCUT2D eigenvalue weighted by Gasteiger charge is -2.28. The first kappa shape index (κ1) is 15.9. The Bertz CT molecular complexity index is 561. The second-order valence-electron chi connectivity index (χ2n) is 4.75. The second kappa shape index (κ2) is 4.77. The lowest BCUT2D eigenvalue weighted by atomic mass is 9.96.